The van der Waals surface area contributed by atoms with Gasteiger partial charge in [-0.2, -0.15) is 0 Å². The average molecular weight is 119 g/mol. The fraction of sp³-hybridized carbons (Fsp3) is 0.571. The van der Waals surface area contributed by atoms with Crippen LogP contribution in [0.15, 0.2) is 17.0 Å². The van der Waals surface area contributed by atoms with Crippen LogP contribution in [-0.4, -0.2) is 12.6 Å². The number of hydrogen-bond donors (Lipinski definition) is 0. The molecule has 0 atom stereocenters. The van der Waals surface area contributed by atoms with Crippen molar-refractivity contribution in [3.05, 3.63) is 12.1 Å². The lowest BCUT2D eigenvalue weighted by molar-refractivity contribution is 1.38. The number of hydrogen-bond acceptors (Lipinski definition) is 1. The van der Waals surface area contributed by atoms with Gasteiger partial charge in [0.2, 0.25) is 0 Å². The van der Waals surface area contributed by atoms with Crippen molar-refractivity contribution in [1.29, 1.82) is 0 Å². The van der Waals surface area contributed by atoms with Crippen LogP contribution < -0.4 is 0 Å². The van der Waals surface area contributed by atoms with Gasteiger partial charge in [-0.15, -0.1) is 0 Å². The Balaban J connectivity index is 2.08. The fourth-order valence-corrected chi connectivity index (χ4v) is 1.26. The zero-order chi connectivity index (χ0) is 6.27. The largest absolute Gasteiger partial charge is 0.340 e. The third kappa shape index (κ3) is 0.936. The van der Waals surface area contributed by atoms with Crippen LogP contribution in [0, 0.1) is 0 Å². The molecule has 0 aromatic rings. The predicted octanol–water partition coefficient (Wildman–Crippen LogP) is 1.71. The first-order valence-electron chi connectivity index (χ1n) is 3.59. The first-order chi connectivity index (χ1) is 4.36. The lowest BCUT2D eigenvalue weighted by Crippen LogP contribution is -2.02. The van der Waals surface area contributed by atoms with Gasteiger partial charge in [0.15, 0.2) is 0 Å². The van der Waals surface area contributed by atoms with Gasteiger partial charge in [-0.05, 0) is 12.7 Å². The molecule has 9 heavy (non-hydrogen) atoms. The lowest BCUT2D eigenvalue weighted by Gasteiger charge is -1.91. The van der Waals surface area contributed by atoms with Gasteiger partial charge in [0.05, 0.1) is 0 Å². The Labute approximate surface area is 56.0 Å². The van der Waals surface area contributed by atoms with E-state index >= 15 is 0 Å². The van der Waals surface area contributed by atoms with Crippen LogP contribution in [-0.2, 0) is 0 Å². The van der Waals surface area contributed by atoms with Crippen LogP contribution in [0.2, 0.25) is 5.82 Å². The summed E-state index contributed by atoms with van der Waals surface area (Å²) in [7, 11) is 0. The zero-order valence-electron chi connectivity index (χ0n) is 5.67. The minimum atomic E-state index is 0.560. The highest BCUT2D eigenvalue weighted by atomic mass is 14.7. The quantitative estimate of drug-likeness (QED) is 0.466. The van der Waals surface area contributed by atoms with Gasteiger partial charge in [-0.3, -0.25) is 0 Å². The Hall–Kier alpha value is -0.525. The van der Waals surface area contributed by atoms with Crippen molar-refractivity contribution in [3.63, 3.8) is 0 Å². The minimum Gasteiger partial charge on any atom is -0.340 e. The molecular weight excluding hydrogens is 109 g/mol. The standard InChI is InChI=1S/C7H10BN/c1-6-4-5-8(9-6)7-2-3-7/h4-5,7H,2-3H2,1H3. The second-order valence-corrected chi connectivity index (χ2v) is 2.96. The molecule has 46 valence electrons. The molecule has 1 saturated carbocycles. The highest BCUT2D eigenvalue weighted by Crippen LogP contribution is 2.40. The van der Waals surface area contributed by atoms with Crippen molar-refractivity contribution in [2.45, 2.75) is 25.6 Å². The fourth-order valence-electron chi connectivity index (χ4n) is 1.26. The van der Waals surface area contributed by atoms with Crippen LogP contribution in [0.25, 0.3) is 0 Å². The van der Waals surface area contributed by atoms with Crippen molar-refractivity contribution < 1.29 is 0 Å². The minimum absolute atomic E-state index is 0.560. The second kappa shape index (κ2) is 1.73. The lowest BCUT2D eigenvalue weighted by atomic mass is 9.59. The maximum Gasteiger partial charge on any atom is 0.307 e. The third-order valence-electron chi connectivity index (χ3n) is 1.99. The molecule has 0 radical (unpaired) electrons. The monoisotopic (exact) mass is 119 g/mol. The molecule has 2 rings (SSSR count). The van der Waals surface area contributed by atoms with E-state index in [-0.39, 0.29) is 0 Å². The summed E-state index contributed by atoms with van der Waals surface area (Å²) in [6, 6.07) is 0. The summed E-state index contributed by atoms with van der Waals surface area (Å²) in [6.07, 6.45) is 4.92. The smallest absolute Gasteiger partial charge is 0.307 e. The zero-order valence-corrected chi connectivity index (χ0v) is 5.67. The molecule has 1 heterocycles. The van der Waals surface area contributed by atoms with E-state index in [1.54, 1.807) is 0 Å². The molecule has 1 aliphatic carbocycles. The van der Waals surface area contributed by atoms with E-state index in [1.165, 1.54) is 18.6 Å². The van der Waals surface area contributed by atoms with Gasteiger partial charge in [0.1, 0.15) is 0 Å². The summed E-state index contributed by atoms with van der Waals surface area (Å²) in [5.41, 5.74) is 1.20. The molecule has 0 unspecified atom stereocenters. The summed E-state index contributed by atoms with van der Waals surface area (Å²) in [5.74, 6) is 3.13. The highest BCUT2D eigenvalue weighted by Gasteiger charge is 2.34. The maximum absolute atomic E-state index is 4.46. The van der Waals surface area contributed by atoms with Crippen LogP contribution in [0.4, 0.5) is 0 Å². The Morgan fingerprint density at radius 2 is 2.44 bits per heavy atom. The Kier molecular flexibility index (Phi) is 1.01. The van der Waals surface area contributed by atoms with Gasteiger partial charge in [0, 0.05) is 5.71 Å². The van der Waals surface area contributed by atoms with Crippen LogP contribution in [0.3, 0.4) is 0 Å². The Morgan fingerprint density at radius 3 is 2.89 bits per heavy atom. The molecule has 2 aliphatic rings. The molecule has 1 nitrogen and oxygen atoms in total. The van der Waals surface area contributed by atoms with Crippen molar-refractivity contribution in [3.8, 4) is 0 Å². The SMILES string of the molecule is CC1=NB(C2CC2)C=C1. The molecule has 1 fully saturated rings. The van der Waals surface area contributed by atoms with Gasteiger partial charge in [0.25, 0.3) is 0 Å². The van der Waals surface area contributed by atoms with Crippen LogP contribution >= 0.6 is 0 Å². The third-order valence-corrected chi connectivity index (χ3v) is 1.99. The van der Waals surface area contributed by atoms with E-state index in [9.17, 15) is 0 Å². The summed E-state index contributed by atoms with van der Waals surface area (Å²) >= 11 is 0. The molecule has 0 aromatic carbocycles. The molecule has 0 amide bonds. The van der Waals surface area contributed by atoms with E-state index in [0.717, 1.165) is 5.82 Å². The summed E-state index contributed by atoms with van der Waals surface area (Å²) in [6.45, 7) is 2.63. The molecule has 0 N–H and O–H groups in total. The van der Waals surface area contributed by atoms with E-state index < -0.39 is 0 Å². The number of allylic oxidation sites excluding steroid dienone is 1. The second-order valence-electron chi connectivity index (χ2n) is 2.96. The summed E-state index contributed by atoms with van der Waals surface area (Å²) < 4.78 is 0. The number of nitrogens with zero attached hydrogens (tertiary/aromatic N) is 1. The first-order valence-corrected chi connectivity index (χ1v) is 3.59. The van der Waals surface area contributed by atoms with E-state index in [0.29, 0.717) is 6.85 Å². The first kappa shape index (κ1) is 5.27. The average Bonchev–Trinajstić information content (AvgIpc) is 2.58. The summed E-state index contributed by atoms with van der Waals surface area (Å²) in [5, 5.41) is 0. The Morgan fingerprint density at radius 1 is 1.67 bits per heavy atom. The molecule has 0 saturated heterocycles. The summed E-state index contributed by atoms with van der Waals surface area (Å²) in [4.78, 5) is 4.46. The van der Waals surface area contributed by atoms with Crippen LogP contribution in [0.5, 0.6) is 0 Å². The molecule has 0 spiro atoms. The highest BCUT2D eigenvalue weighted by molar-refractivity contribution is 6.68. The molecule has 2 heteroatoms. The molecule has 1 aliphatic heterocycles. The Bertz CT molecular complexity index is 179. The molecule has 0 bridgehead atoms. The normalized spacial score (nSPS) is 25.0. The molecule has 0 aromatic heterocycles. The van der Waals surface area contributed by atoms with Crippen molar-refractivity contribution in [2.24, 2.45) is 4.90 Å². The molecular formula is C7H10BN. The van der Waals surface area contributed by atoms with Crippen molar-refractivity contribution in [1.82, 2.24) is 0 Å². The van der Waals surface area contributed by atoms with E-state index in [2.05, 4.69) is 23.9 Å². The van der Waals surface area contributed by atoms with Gasteiger partial charge in [-0.1, -0.05) is 24.9 Å². The van der Waals surface area contributed by atoms with E-state index in [4.69, 9.17) is 0 Å². The van der Waals surface area contributed by atoms with Gasteiger partial charge in [-0.25, -0.2) is 0 Å². The van der Waals surface area contributed by atoms with Gasteiger partial charge >= 0.3 is 6.85 Å². The van der Waals surface area contributed by atoms with Crippen molar-refractivity contribution in [2.75, 3.05) is 0 Å². The van der Waals surface area contributed by atoms with E-state index in [1.807, 2.05) is 0 Å². The maximum atomic E-state index is 4.46. The number of rotatable bonds is 1. The predicted molar refractivity (Wildman–Crippen MR) is 41.0 cm³/mol. The van der Waals surface area contributed by atoms with Crippen LogP contribution in [0.1, 0.15) is 19.8 Å². The van der Waals surface area contributed by atoms with Gasteiger partial charge < -0.3 is 4.90 Å². The van der Waals surface area contributed by atoms with Crippen molar-refractivity contribution >= 4 is 12.6 Å². The topological polar surface area (TPSA) is 12.4 Å².